The molecule has 0 atom stereocenters. The van der Waals surface area contributed by atoms with Crippen molar-refractivity contribution < 1.29 is 4.42 Å². The van der Waals surface area contributed by atoms with E-state index in [9.17, 15) is 0 Å². The second kappa shape index (κ2) is 25.0. The van der Waals surface area contributed by atoms with E-state index in [0.29, 0.717) is 34.9 Å². The number of para-hydroxylation sites is 1. The van der Waals surface area contributed by atoms with Crippen molar-refractivity contribution >= 4 is 53.4 Å². The molecule has 104 heavy (non-hydrogen) atoms. The van der Waals surface area contributed by atoms with Gasteiger partial charge in [0, 0.05) is 80.7 Å². The lowest BCUT2D eigenvalue weighted by Crippen LogP contribution is -2.14. The monoisotopic (exact) mass is 1350 g/mol. The molecule has 20 rings (SSSR count). The average Bonchev–Trinajstić information content (AvgIpc) is 1.59. The van der Waals surface area contributed by atoms with Crippen LogP contribution in [0.5, 0.6) is 0 Å². The van der Waals surface area contributed by atoms with E-state index in [0.717, 1.165) is 66.4 Å². The molecule has 8 heteroatoms. The van der Waals surface area contributed by atoms with Crippen molar-refractivity contribution in [1.82, 2.24) is 29.9 Å². The maximum absolute atomic E-state index is 6.68. The molecule has 4 heterocycles. The van der Waals surface area contributed by atoms with E-state index in [1.54, 1.807) is 0 Å². The molecule has 0 radical (unpaired) electrons. The summed E-state index contributed by atoms with van der Waals surface area (Å²) in [6.45, 7) is 9.34. The Balaban J connectivity index is 0.000000143. The normalized spacial score (nSPS) is 13.0. The van der Waals surface area contributed by atoms with Crippen LogP contribution in [0.15, 0.2) is 332 Å². The molecular weight excluding hydrogens is 1290 g/mol. The van der Waals surface area contributed by atoms with E-state index in [2.05, 4.69) is 246 Å². The van der Waals surface area contributed by atoms with Crippen LogP contribution in [0, 0.1) is 0 Å². The molecule has 2 aliphatic rings. The first-order valence-corrected chi connectivity index (χ1v) is 36.2. The standard InChI is InChI=1S/C48H33N3O.C48H33N3S/c2*1-48(2)40-19-11-9-17-36(40)37-26-25-34(29-41(37)48)30-21-23-31(24-22-30)35-27-28-39(43-38-18-10-12-20-42(38)52-44(35)43)47-50-45(32-13-5-3-6-14-32)49-46(51-47)33-15-7-4-8-16-33/h2*3-29H,1-2H3. The fraction of sp³-hybridized carbons (Fsp3) is 0.0625. The van der Waals surface area contributed by atoms with Gasteiger partial charge in [0.05, 0.1) is 0 Å². The van der Waals surface area contributed by atoms with Crippen LogP contribution >= 0.6 is 11.3 Å². The molecule has 492 valence electrons. The Labute approximate surface area is 607 Å². The quantitative estimate of drug-likeness (QED) is 0.135. The number of hydrogen-bond donors (Lipinski definition) is 0. The summed E-state index contributed by atoms with van der Waals surface area (Å²) >= 11 is 1.83. The van der Waals surface area contributed by atoms with Crippen molar-refractivity contribution in [3.63, 3.8) is 0 Å². The fourth-order valence-corrected chi connectivity index (χ4v) is 17.1. The summed E-state index contributed by atoms with van der Waals surface area (Å²) in [7, 11) is 0. The fourth-order valence-electron chi connectivity index (χ4n) is 15.8. The predicted molar refractivity (Wildman–Crippen MR) is 429 cm³/mol. The van der Waals surface area contributed by atoms with E-state index < -0.39 is 0 Å². The minimum atomic E-state index is -0.0429. The van der Waals surface area contributed by atoms with Gasteiger partial charge < -0.3 is 4.42 Å². The lowest BCUT2D eigenvalue weighted by atomic mass is 9.81. The first kappa shape index (κ1) is 62.2. The molecule has 2 aliphatic carbocycles. The van der Waals surface area contributed by atoms with E-state index >= 15 is 0 Å². The van der Waals surface area contributed by atoms with E-state index in [1.165, 1.54) is 98.1 Å². The van der Waals surface area contributed by atoms with Crippen molar-refractivity contribution in [3.8, 4) is 135 Å². The number of nitrogens with zero attached hydrogens (tertiary/aromatic N) is 6. The maximum Gasteiger partial charge on any atom is 0.164 e. The van der Waals surface area contributed by atoms with Crippen LogP contribution in [-0.2, 0) is 10.8 Å². The smallest absolute Gasteiger partial charge is 0.164 e. The van der Waals surface area contributed by atoms with Crippen LogP contribution < -0.4 is 0 Å². The molecule has 0 spiro atoms. The number of benzene rings is 14. The SMILES string of the molecule is CC1(C)c2ccccc2-c2ccc(-c3ccc(-c4ccc(-c5nc(-c6ccccc6)nc(-c6ccccc6)n5)c5c4oc4ccccc45)cc3)cc21.CC1(C)c2ccccc2-c2ccc(-c3ccc(-c4ccc(-c5nc(-c6ccccc6)nc(-c6ccccc6)n5)c5c4sc4ccccc45)cc3)cc21. The van der Waals surface area contributed by atoms with Gasteiger partial charge in [-0.2, -0.15) is 0 Å². The second-order valence-electron chi connectivity index (χ2n) is 28.0. The second-order valence-corrected chi connectivity index (χ2v) is 29.1. The highest BCUT2D eigenvalue weighted by atomic mass is 32.1. The molecule has 0 amide bonds. The van der Waals surface area contributed by atoms with E-state index in [1.807, 2.05) is 121 Å². The number of rotatable bonds is 10. The molecule has 14 aromatic carbocycles. The van der Waals surface area contributed by atoms with Crippen LogP contribution in [0.3, 0.4) is 0 Å². The van der Waals surface area contributed by atoms with Gasteiger partial charge in [0.15, 0.2) is 34.9 Å². The lowest BCUT2D eigenvalue weighted by molar-refractivity contribution is 0.660. The molecule has 4 aromatic heterocycles. The van der Waals surface area contributed by atoms with Crippen molar-refractivity contribution in [3.05, 3.63) is 350 Å². The average molecular weight is 1350 g/mol. The first-order chi connectivity index (χ1) is 51.1. The molecule has 0 aliphatic heterocycles. The van der Waals surface area contributed by atoms with Crippen molar-refractivity contribution in [2.75, 3.05) is 0 Å². The summed E-state index contributed by atoms with van der Waals surface area (Å²) in [5, 5.41) is 4.39. The van der Waals surface area contributed by atoms with Gasteiger partial charge in [0.2, 0.25) is 0 Å². The zero-order chi connectivity index (χ0) is 69.6. The zero-order valence-corrected chi connectivity index (χ0v) is 58.5. The summed E-state index contributed by atoms with van der Waals surface area (Å²) in [6.07, 6.45) is 0. The lowest BCUT2D eigenvalue weighted by Gasteiger charge is -2.22. The highest BCUT2D eigenvalue weighted by molar-refractivity contribution is 7.26. The zero-order valence-electron chi connectivity index (χ0n) is 57.7. The van der Waals surface area contributed by atoms with E-state index in [-0.39, 0.29) is 10.8 Å². The number of aromatic nitrogens is 6. The summed E-state index contributed by atoms with van der Waals surface area (Å²) in [4.78, 5) is 30.2. The predicted octanol–water partition coefficient (Wildman–Crippen LogP) is 25.3. The number of furan rings is 1. The molecule has 0 bridgehead atoms. The molecular formula is C96H66N6OS. The third kappa shape index (κ3) is 10.6. The topological polar surface area (TPSA) is 90.5 Å². The Morgan fingerprint density at radius 2 is 0.577 bits per heavy atom. The molecule has 18 aromatic rings. The summed E-state index contributed by atoms with van der Waals surface area (Å²) in [6, 6.07) is 115. The largest absolute Gasteiger partial charge is 0.455 e. The van der Waals surface area contributed by atoms with Gasteiger partial charge in [-0.3, -0.25) is 0 Å². The molecule has 0 saturated carbocycles. The highest BCUT2D eigenvalue weighted by Gasteiger charge is 2.37. The van der Waals surface area contributed by atoms with Gasteiger partial charge in [-0.05, 0) is 126 Å². The van der Waals surface area contributed by atoms with Crippen LogP contribution in [0.4, 0.5) is 0 Å². The minimum absolute atomic E-state index is 0.0291. The van der Waals surface area contributed by atoms with Gasteiger partial charge in [-0.25, -0.2) is 29.9 Å². The van der Waals surface area contributed by atoms with Crippen LogP contribution in [0.25, 0.3) is 177 Å². The van der Waals surface area contributed by atoms with E-state index in [4.69, 9.17) is 34.3 Å². The number of hydrogen-bond acceptors (Lipinski definition) is 8. The van der Waals surface area contributed by atoms with Crippen LogP contribution in [0.1, 0.15) is 49.9 Å². The Bertz CT molecular complexity index is 5880. The van der Waals surface area contributed by atoms with Crippen molar-refractivity contribution in [2.45, 2.75) is 38.5 Å². The third-order valence-electron chi connectivity index (χ3n) is 21.2. The van der Waals surface area contributed by atoms with Crippen LogP contribution in [-0.4, -0.2) is 29.9 Å². The Morgan fingerprint density at radius 3 is 1.06 bits per heavy atom. The summed E-state index contributed by atoms with van der Waals surface area (Å²) in [5.41, 5.74) is 27.5. The van der Waals surface area contributed by atoms with Crippen LogP contribution in [0.2, 0.25) is 0 Å². The molecule has 0 fully saturated rings. The third-order valence-corrected chi connectivity index (χ3v) is 22.4. The Morgan fingerprint density at radius 1 is 0.240 bits per heavy atom. The molecule has 0 saturated heterocycles. The van der Waals surface area contributed by atoms with Crippen molar-refractivity contribution in [1.29, 1.82) is 0 Å². The molecule has 0 N–H and O–H groups in total. The van der Waals surface area contributed by atoms with Gasteiger partial charge in [0.25, 0.3) is 0 Å². The number of thiophene rings is 1. The summed E-state index contributed by atoms with van der Waals surface area (Å²) < 4.78 is 9.15. The van der Waals surface area contributed by atoms with Gasteiger partial charge in [-0.1, -0.05) is 313 Å². The molecule has 7 nitrogen and oxygen atoms in total. The van der Waals surface area contributed by atoms with Gasteiger partial charge >= 0.3 is 0 Å². The summed E-state index contributed by atoms with van der Waals surface area (Å²) in [5.74, 6) is 3.86. The Hall–Kier alpha value is -12.9. The highest BCUT2D eigenvalue weighted by Crippen LogP contribution is 2.52. The Kier molecular flexibility index (Phi) is 15.0. The minimum Gasteiger partial charge on any atom is -0.455 e. The van der Waals surface area contributed by atoms with Crippen molar-refractivity contribution in [2.24, 2.45) is 0 Å². The molecule has 0 unspecified atom stereocenters. The number of fused-ring (bicyclic) bond motifs is 12. The first-order valence-electron chi connectivity index (χ1n) is 35.4. The van der Waals surface area contributed by atoms with Gasteiger partial charge in [0.1, 0.15) is 11.2 Å². The maximum atomic E-state index is 6.68. The van der Waals surface area contributed by atoms with Gasteiger partial charge in [-0.15, -0.1) is 11.3 Å².